The number of carbonyl (C=O) groups excluding carboxylic acids is 3. The summed E-state index contributed by atoms with van der Waals surface area (Å²) >= 11 is 0. The van der Waals surface area contributed by atoms with Gasteiger partial charge in [-0.1, -0.05) is 12.2 Å². The molecule has 1 aromatic carbocycles. The van der Waals surface area contributed by atoms with Crippen LogP contribution in [0.1, 0.15) is 19.3 Å². The molecule has 0 bridgehead atoms. The van der Waals surface area contributed by atoms with Gasteiger partial charge in [-0.2, -0.15) is 0 Å². The van der Waals surface area contributed by atoms with Gasteiger partial charge in [0.25, 0.3) is 0 Å². The second-order valence-corrected chi connectivity index (χ2v) is 6.52. The summed E-state index contributed by atoms with van der Waals surface area (Å²) in [5.41, 5.74) is -1.29. The number of hydrogen-bond acceptors (Lipinski definition) is 4. The Labute approximate surface area is 148 Å². The normalized spacial score (nSPS) is 22.6. The minimum atomic E-state index is -1.25. The van der Waals surface area contributed by atoms with Gasteiger partial charge < -0.3 is 15.4 Å². The predicted octanol–water partition coefficient (Wildman–Crippen LogP) is 1.92. The van der Waals surface area contributed by atoms with E-state index in [2.05, 4.69) is 15.4 Å². The van der Waals surface area contributed by atoms with Crippen molar-refractivity contribution in [3.63, 3.8) is 0 Å². The summed E-state index contributed by atoms with van der Waals surface area (Å²) in [6.07, 6.45) is 4.41. The van der Waals surface area contributed by atoms with E-state index in [-0.39, 0.29) is 17.7 Å². The fourth-order valence-corrected chi connectivity index (χ4v) is 3.00. The van der Waals surface area contributed by atoms with E-state index in [0.717, 1.165) is 12.1 Å². The summed E-state index contributed by atoms with van der Waals surface area (Å²) in [6, 6.07) is 2.29. The quantitative estimate of drug-likeness (QED) is 0.475. The molecule has 2 aliphatic carbocycles. The van der Waals surface area contributed by atoms with Gasteiger partial charge in [-0.15, -0.1) is 0 Å². The molecule has 0 aromatic heterocycles. The molecule has 2 aliphatic rings. The molecular formula is C18H18F2N2O4. The molecule has 26 heavy (non-hydrogen) atoms. The van der Waals surface area contributed by atoms with E-state index in [0.29, 0.717) is 25.3 Å². The van der Waals surface area contributed by atoms with E-state index in [4.69, 9.17) is 0 Å². The van der Waals surface area contributed by atoms with E-state index in [1.165, 1.54) is 7.11 Å². The molecule has 1 aromatic rings. The molecule has 0 radical (unpaired) electrons. The highest BCUT2D eigenvalue weighted by atomic mass is 19.1. The highest BCUT2D eigenvalue weighted by molar-refractivity contribution is 6.13. The third-order valence-corrected chi connectivity index (χ3v) is 4.64. The van der Waals surface area contributed by atoms with Gasteiger partial charge >= 0.3 is 5.97 Å². The van der Waals surface area contributed by atoms with Gasteiger partial charge in [-0.3, -0.25) is 14.4 Å². The first kappa shape index (κ1) is 18.0. The lowest BCUT2D eigenvalue weighted by atomic mass is 10.0. The predicted molar refractivity (Wildman–Crippen MR) is 87.8 cm³/mol. The van der Waals surface area contributed by atoms with Crippen molar-refractivity contribution in [2.24, 2.45) is 11.3 Å². The van der Waals surface area contributed by atoms with Crippen LogP contribution in [0.15, 0.2) is 30.4 Å². The van der Waals surface area contributed by atoms with Crippen LogP contribution < -0.4 is 10.6 Å². The van der Waals surface area contributed by atoms with Crippen LogP contribution in [-0.4, -0.2) is 30.9 Å². The van der Waals surface area contributed by atoms with E-state index >= 15 is 0 Å². The summed E-state index contributed by atoms with van der Waals surface area (Å²) in [7, 11) is 1.29. The van der Waals surface area contributed by atoms with Crippen molar-refractivity contribution < 1.29 is 27.9 Å². The maximum absolute atomic E-state index is 13.2. The molecule has 6 nitrogen and oxygen atoms in total. The van der Waals surface area contributed by atoms with Crippen molar-refractivity contribution in [3.05, 3.63) is 42.0 Å². The topological polar surface area (TPSA) is 84.5 Å². The summed E-state index contributed by atoms with van der Waals surface area (Å²) in [4.78, 5) is 36.5. The van der Waals surface area contributed by atoms with Crippen LogP contribution in [0.2, 0.25) is 0 Å². The highest BCUT2D eigenvalue weighted by Crippen LogP contribution is 2.47. The Balaban J connectivity index is 1.61. The minimum Gasteiger partial charge on any atom is -0.469 e. The van der Waals surface area contributed by atoms with Crippen LogP contribution in [0.3, 0.4) is 0 Å². The second-order valence-electron chi connectivity index (χ2n) is 6.52. The highest BCUT2D eigenvalue weighted by Gasteiger charge is 2.57. The molecule has 3 rings (SSSR count). The first-order valence-electron chi connectivity index (χ1n) is 8.19. The van der Waals surface area contributed by atoms with Gasteiger partial charge in [0.05, 0.1) is 13.0 Å². The lowest BCUT2D eigenvalue weighted by Crippen LogP contribution is -2.43. The molecule has 0 aliphatic heterocycles. The Morgan fingerprint density at radius 3 is 2.31 bits per heavy atom. The third kappa shape index (κ3) is 3.58. The van der Waals surface area contributed by atoms with Gasteiger partial charge in [-0.25, -0.2) is 8.78 Å². The number of esters is 1. The first-order valence-corrected chi connectivity index (χ1v) is 8.19. The molecule has 0 spiro atoms. The van der Waals surface area contributed by atoms with Crippen LogP contribution in [-0.2, 0) is 19.1 Å². The smallest absolute Gasteiger partial charge is 0.312 e. The maximum atomic E-state index is 13.2. The molecular weight excluding hydrogens is 346 g/mol. The zero-order chi connectivity index (χ0) is 18.9. The number of amides is 2. The molecule has 8 heteroatoms. The zero-order valence-electron chi connectivity index (χ0n) is 14.1. The number of benzene rings is 1. The molecule has 0 saturated heterocycles. The maximum Gasteiger partial charge on any atom is 0.312 e. The van der Waals surface area contributed by atoms with E-state index in [1.54, 1.807) is 12.2 Å². The zero-order valence-corrected chi connectivity index (χ0v) is 14.1. The molecule has 2 N–H and O–H groups in total. The summed E-state index contributed by atoms with van der Waals surface area (Å²) < 4.78 is 31.1. The number of rotatable bonds is 5. The Kier molecular flexibility index (Phi) is 4.76. The number of halogens is 2. The lowest BCUT2D eigenvalue weighted by molar-refractivity contribution is -0.144. The largest absolute Gasteiger partial charge is 0.469 e. The number of ether oxygens (including phenoxy) is 1. The molecule has 1 saturated carbocycles. The molecule has 2 amide bonds. The summed E-state index contributed by atoms with van der Waals surface area (Å²) in [5, 5.41) is 5.13. The molecule has 0 heterocycles. The lowest BCUT2D eigenvalue weighted by Gasteiger charge is -2.19. The Hall–Kier alpha value is -2.77. The van der Waals surface area contributed by atoms with Gasteiger partial charge in [0.2, 0.25) is 11.8 Å². The van der Waals surface area contributed by atoms with Gasteiger partial charge in [0, 0.05) is 17.8 Å². The fourth-order valence-electron chi connectivity index (χ4n) is 3.00. The van der Waals surface area contributed by atoms with Gasteiger partial charge in [0.15, 0.2) is 0 Å². The van der Waals surface area contributed by atoms with Crippen molar-refractivity contribution in [3.8, 4) is 0 Å². The van der Waals surface area contributed by atoms with Crippen molar-refractivity contribution in [2.75, 3.05) is 12.4 Å². The molecule has 0 unspecified atom stereocenters. The molecule has 2 atom stereocenters. The van der Waals surface area contributed by atoms with Crippen molar-refractivity contribution in [1.82, 2.24) is 5.32 Å². The van der Waals surface area contributed by atoms with Crippen LogP contribution in [0.5, 0.6) is 0 Å². The number of carbonyl (C=O) groups is 3. The Bertz CT molecular complexity index is 769. The average molecular weight is 364 g/mol. The Morgan fingerprint density at radius 2 is 1.73 bits per heavy atom. The monoisotopic (exact) mass is 364 g/mol. The first-order chi connectivity index (χ1) is 12.3. The number of hydrogen-bond donors (Lipinski definition) is 2. The number of anilines is 1. The standard InChI is InChI=1S/C18H18F2N2O4/c1-26-15(23)10-2-3-13(6-10)21-16(24)18(4-5-18)17(25)22-14-8-11(19)7-12(20)9-14/h2-3,7-10,13H,4-6H2,1H3,(H,21,24)(H,22,25)/t10-,13+/m1/s1. The van der Waals surface area contributed by atoms with E-state index in [1.807, 2.05) is 0 Å². The van der Waals surface area contributed by atoms with Crippen LogP contribution in [0.25, 0.3) is 0 Å². The Morgan fingerprint density at radius 1 is 1.08 bits per heavy atom. The van der Waals surface area contributed by atoms with E-state index in [9.17, 15) is 23.2 Å². The van der Waals surface area contributed by atoms with Crippen LogP contribution in [0.4, 0.5) is 14.5 Å². The van der Waals surface area contributed by atoms with Crippen molar-refractivity contribution in [2.45, 2.75) is 25.3 Å². The summed E-state index contributed by atoms with van der Waals surface area (Å²) in [6.45, 7) is 0. The number of methoxy groups -OCH3 is 1. The van der Waals surface area contributed by atoms with E-state index < -0.39 is 34.8 Å². The van der Waals surface area contributed by atoms with Gasteiger partial charge in [-0.05, 0) is 31.4 Å². The third-order valence-electron chi connectivity index (χ3n) is 4.64. The average Bonchev–Trinajstić information content (AvgIpc) is 3.27. The summed E-state index contributed by atoms with van der Waals surface area (Å²) in [5.74, 6) is -3.52. The minimum absolute atomic E-state index is 0.0434. The molecule has 138 valence electrons. The van der Waals surface area contributed by atoms with Crippen LogP contribution >= 0.6 is 0 Å². The number of nitrogens with one attached hydrogen (secondary N) is 2. The molecule has 1 fully saturated rings. The van der Waals surface area contributed by atoms with Crippen LogP contribution in [0, 0.1) is 23.0 Å². The van der Waals surface area contributed by atoms with Gasteiger partial charge in [0.1, 0.15) is 17.0 Å². The second kappa shape index (κ2) is 6.86. The van der Waals surface area contributed by atoms with Crippen molar-refractivity contribution in [1.29, 1.82) is 0 Å². The SMILES string of the molecule is COC(=O)[C@@H]1C=C[C@H](NC(=O)C2(C(=O)Nc3cc(F)cc(F)c3)CC2)C1. The fraction of sp³-hybridized carbons (Fsp3) is 0.389. The van der Waals surface area contributed by atoms with Crippen molar-refractivity contribution >= 4 is 23.5 Å².